The molecule has 0 aromatic heterocycles. The molecule has 0 heterocycles. The molecule has 0 bridgehead atoms. The molecule has 0 radical (unpaired) electrons. The second kappa shape index (κ2) is 7.28. The molecule has 4 heteroatoms. The van der Waals surface area contributed by atoms with Crippen molar-refractivity contribution in [1.82, 2.24) is 0 Å². The smallest absolute Gasteiger partial charge is 0.265 e. The number of fused-ring (bicyclic) bond motifs is 1. The van der Waals surface area contributed by atoms with Crippen LogP contribution in [0.1, 0.15) is 18.1 Å². The van der Waals surface area contributed by atoms with E-state index in [9.17, 15) is 4.79 Å². The van der Waals surface area contributed by atoms with Crippen LogP contribution in [0, 0.1) is 13.8 Å². The van der Waals surface area contributed by atoms with Crippen molar-refractivity contribution >= 4 is 38.3 Å². The van der Waals surface area contributed by atoms with Gasteiger partial charge in [0, 0.05) is 5.69 Å². The lowest BCUT2D eigenvalue weighted by Crippen LogP contribution is -2.30. The third-order valence-corrected chi connectivity index (χ3v) is 5.05. The van der Waals surface area contributed by atoms with Gasteiger partial charge >= 0.3 is 0 Å². The van der Waals surface area contributed by atoms with Crippen molar-refractivity contribution in [2.24, 2.45) is 0 Å². The maximum Gasteiger partial charge on any atom is 0.265 e. The molecule has 3 rings (SSSR count). The van der Waals surface area contributed by atoms with Crippen molar-refractivity contribution in [1.29, 1.82) is 0 Å². The highest BCUT2D eigenvalue weighted by molar-refractivity contribution is 9.10. The number of anilines is 1. The van der Waals surface area contributed by atoms with Crippen LogP contribution in [0.2, 0.25) is 0 Å². The van der Waals surface area contributed by atoms with Gasteiger partial charge in [0.2, 0.25) is 0 Å². The Bertz CT molecular complexity index is 916. The van der Waals surface area contributed by atoms with Gasteiger partial charge in [-0.05, 0) is 64.7 Å². The second-order valence-corrected chi connectivity index (χ2v) is 6.91. The summed E-state index contributed by atoms with van der Waals surface area (Å²) >= 11 is 3.59. The minimum atomic E-state index is -0.614. The van der Waals surface area contributed by atoms with Crippen molar-refractivity contribution in [2.45, 2.75) is 26.9 Å². The lowest BCUT2D eigenvalue weighted by Gasteiger charge is -2.18. The van der Waals surface area contributed by atoms with E-state index in [0.717, 1.165) is 32.1 Å². The standard InChI is InChI=1S/C21H20BrNO2/c1-13-7-6-8-14(2)20(13)23-21(24)15(3)25-18-12-11-16-9-4-5-10-17(16)19(18)22/h4-12,15H,1-3H3,(H,23,24). The van der Waals surface area contributed by atoms with Crippen LogP contribution in [-0.2, 0) is 4.79 Å². The molecule has 25 heavy (non-hydrogen) atoms. The summed E-state index contributed by atoms with van der Waals surface area (Å²) in [6, 6.07) is 17.9. The molecule has 128 valence electrons. The Morgan fingerprint density at radius 2 is 1.68 bits per heavy atom. The molecule has 3 nitrogen and oxygen atoms in total. The summed E-state index contributed by atoms with van der Waals surface area (Å²) in [7, 11) is 0. The monoisotopic (exact) mass is 397 g/mol. The predicted octanol–water partition coefficient (Wildman–Crippen LogP) is 5.63. The van der Waals surface area contributed by atoms with Gasteiger partial charge in [-0.15, -0.1) is 0 Å². The Labute approximate surface area is 156 Å². The Balaban J connectivity index is 1.79. The number of carbonyl (C=O) groups is 1. The minimum Gasteiger partial charge on any atom is -0.480 e. The van der Waals surface area contributed by atoms with E-state index in [1.165, 1.54) is 0 Å². The molecule has 0 aliphatic carbocycles. The van der Waals surface area contributed by atoms with Crippen molar-refractivity contribution < 1.29 is 9.53 Å². The van der Waals surface area contributed by atoms with Crippen LogP contribution in [-0.4, -0.2) is 12.0 Å². The first kappa shape index (κ1) is 17.5. The highest BCUT2D eigenvalue weighted by atomic mass is 79.9. The van der Waals surface area contributed by atoms with Crippen molar-refractivity contribution in [3.63, 3.8) is 0 Å². The minimum absolute atomic E-state index is 0.169. The number of benzene rings is 3. The van der Waals surface area contributed by atoms with E-state index in [-0.39, 0.29) is 5.91 Å². The van der Waals surface area contributed by atoms with E-state index in [1.54, 1.807) is 6.92 Å². The average molecular weight is 398 g/mol. The molecule has 3 aromatic rings. The first-order chi connectivity index (χ1) is 12.0. The maximum absolute atomic E-state index is 12.5. The lowest BCUT2D eigenvalue weighted by molar-refractivity contribution is -0.122. The molecular weight excluding hydrogens is 378 g/mol. The number of rotatable bonds is 4. The van der Waals surface area contributed by atoms with Crippen LogP contribution in [0.25, 0.3) is 10.8 Å². The molecule has 1 unspecified atom stereocenters. The molecule has 0 saturated carbocycles. The second-order valence-electron chi connectivity index (χ2n) is 6.11. The number of hydrogen-bond donors (Lipinski definition) is 1. The van der Waals surface area contributed by atoms with Crippen LogP contribution in [0.4, 0.5) is 5.69 Å². The fourth-order valence-electron chi connectivity index (χ4n) is 2.79. The highest BCUT2D eigenvalue weighted by Gasteiger charge is 2.18. The van der Waals surface area contributed by atoms with Crippen LogP contribution < -0.4 is 10.1 Å². The number of nitrogens with one attached hydrogen (secondary N) is 1. The van der Waals surface area contributed by atoms with E-state index in [4.69, 9.17) is 4.74 Å². The topological polar surface area (TPSA) is 38.3 Å². The van der Waals surface area contributed by atoms with Gasteiger partial charge in [-0.25, -0.2) is 0 Å². The van der Waals surface area contributed by atoms with E-state index >= 15 is 0 Å². The molecule has 0 saturated heterocycles. The van der Waals surface area contributed by atoms with Gasteiger partial charge in [0.15, 0.2) is 6.10 Å². The van der Waals surface area contributed by atoms with Crippen LogP contribution in [0.15, 0.2) is 59.1 Å². The summed E-state index contributed by atoms with van der Waals surface area (Å²) in [6.07, 6.45) is -0.614. The van der Waals surface area contributed by atoms with Crippen molar-refractivity contribution in [3.8, 4) is 5.75 Å². The first-order valence-corrected chi connectivity index (χ1v) is 8.97. The average Bonchev–Trinajstić information content (AvgIpc) is 2.60. The van der Waals surface area contributed by atoms with Gasteiger partial charge in [0.05, 0.1) is 4.47 Å². The summed E-state index contributed by atoms with van der Waals surface area (Å²) < 4.78 is 6.77. The molecule has 1 amide bonds. The highest BCUT2D eigenvalue weighted by Crippen LogP contribution is 2.33. The number of carbonyl (C=O) groups excluding carboxylic acids is 1. The molecule has 0 aliphatic heterocycles. The Morgan fingerprint density at radius 3 is 2.40 bits per heavy atom. The number of para-hydroxylation sites is 1. The Kier molecular flexibility index (Phi) is 5.09. The van der Waals surface area contributed by atoms with Crippen molar-refractivity contribution in [2.75, 3.05) is 5.32 Å². The Hall–Kier alpha value is -2.33. The van der Waals surface area contributed by atoms with Crippen LogP contribution in [0.3, 0.4) is 0 Å². The molecule has 1 atom stereocenters. The van der Waals surface area contributed by atoms with Gasteiger partial charge in [-0.1, -0.05) is 48.5 Å². The third-order valence-electron chi connectivity index (χ3n) is 4.23. The molecule has 0 fully saturated rings. The molecule has 3 aromatic carbocycles. The zero-order valence-electron chi connectivity index (χ0n) is 14.5. The summed E-state index contributed by atoms with van der Waals surface area (Å²) in [6.45, 7) is 5.71. The SMILES string of the molecule is Cc1cccc(C)c1NC(=O)C(C)Oc1ccc2ccccc2c1Br. The molecular formula is C21H20BrNO2. The number of amides is 1. The lowest BCUT2D eigenvalue weighted by atomic mass is 10.1. The zero-order valence-corrected chi connectivity index (χ0v) is 16.1. The number of halogens is 1. The van der Waals surface area contributed by atoms with E-state index in [1.807, 2.05) is 68.4 Å². The van der Waals surface area contributed by atoms with Gasteiger partial charge in [-0.3, -0.25) is 4.79 Å². The number of aryl methyl sites for hydroxylation is 2. The fraction of sp³-hybridized carbons (Fsp3) is 0.190. The predicted molar refractivity (Wildman–Crippen MR) is 106 cm³/mol. The first-order valence-electron chi connectivity index (χ1n) is 8.18. The Morgan fingerprint density at radius 1 is 1.00 bits per heavy atom. The zero-order chi connectivity index (χ0) is 18.0. The van der Waals surface area contributed by atoms with Gasteiger partial charge in [-0.2, -0.15) is 0 Å². The largest absolute Gasteiger partial charge is 0.480 e. The summed E-state index contributed by atoms with van der Waals surface area (Å²) in [5.74, 6) is 0.486. The van der Waals surface area contributed by atoms with E-state index in [0.29, 0.717) is 5.75 Å². The van der Waals surface area contributed by atoms with Crippen molar-refractivity contribution in [3.05, 3.63) is 70.2 Å². The van der Waals surface area contributed by atoms with E-state index in [2.05, 4.69) is 21.2 Å². The third kappa shape index (κ3) is 3.69. The molecule has 0 aliphatic rings. The molecule has 1 N–H and O–H groups in total. The summed E-state index contributed by atoms with van der Waals surface area (Å²) in [4.78, 5) is 12.5. The summed E-state index contributed by atoms with van der Waals surface area (Å²) in [5.41, 5.74) is 2.92. The van der Waals surface area contributed by atoms with Crippen LogP contribution in [0.5, 0.6) is 5.75 Å². The van der Waals surface area contributed by atoms with E-state index < -0.39 is 6.10 Å². The molecule has 0 spiro atoms. The quantitative estimate of drug-likeness (QED) is 0.619. The van der Waals surface area contributed by atoms with Gasteiger partial charge in [0.1, 0.15) is 5.75 Å². The van der Waals surface area contributed by atoms with Gasteiger partial charge < -0.3 is 10.1 Å². The number of hydrogen-bond acceptors (Lipinski definition) is 2. The van der Waals surface area contributed by atoms with Gasteiger partial charge in [0.25, 0.3) is 5.91 Å². The normalized spacial score (nSPS) is 12.0. The number of ether oxygens (including phenoxy) is 1. The van der Waals surface area contributed by atoms with Crippen LogP contribution >= 0.6 is 15.9 Å². The summed E-state index contributed by atoms with van der Waals surface area (Å²) in [5, 5.41) is 5.15. The fourth-order valence-corrected chi connectivity index (χ4v) is 3.37. The maximum atomic E-state index is 12.5.